The fraction of sp³-hybridized carbons (Fsp3) is 0.625. The van der Waals surface area contributed by atoms with Gasteiger partial charge in [-0.25, -0.2) is 4.79 Å². The van der Waals surface area contributed by atoms with E-state index in [9.17, 15) is 4.79 Å². The largest absolute Gasteiger partial charge is 0.338 e. The van der Waals surface area contributed by atoms with Gasteiger partial charge in [0, 0.05) is 6.54 Å². The Bertz CT molecular complexity index is 297. The lowest BCUT2D eigenvalue weighted by Gasteiger charge is -2.03. The van der Waals surface area contributed by atoms with Crippen molar-refractivity contribution in [3.63, 3.8) is 0 Å². The molecule has 6 nitrogen and oxygen atoms in total. The lowest BCUT2D eigenvalue weighted by atomic mass is 10.5. The summed E-state index contributed by atoms with van der Waals surface area (Å²) < 4.78 is 4.82. The van der Waals surface area contributed by atoms with Crippen LogP contribution in [0.5, 0.6) is 0 Å². The molecular formula is C8H14N4O2. The molecule has 0 fully saturated rings. The zero-order chi connectivity index (χ0) is 10.4. The molecule has 0 atom stereocenters. The molecule has 14 heavy (non-hydrogen) atoms. The number of amides is 2. The van der Waals surface area contributed by atoms with E-state index in [1.54, 1.807) is 6.92 Å². The lowest BCUT2D eigenvalue weighted by Crippen LogP contribution is -2.35. The monoisotopic (exact) mass is 198 g/mol. The molecule has 0 bridgehead atoms. The van der Waals surface area contributed by atoms with Gasteiger partial charge in [0.1, 0.15) is 0 Å². The molecule has 0 aliphatic heterocycles. The third-order valence-corrected chi connectivity index (χ3v) is 1.51. The molecule has 0 radical (unpaired) electrons. The molecule has 0 unspecified atom stereocenters. The third-order valence-electron chi connectivity index (χ3n) is 1.51. The number of nitrogens with one attached hydrogen (secondary N) is 2. The van der Waals surface area contributed by atoms with Crippen LogP contribution in [-0.4, -0.2) is 22.7 Å². The van der Waals surface area contributed by atoms with Gasteiger partial charge < -0.3 is 15.2 Å². The SMILES string of the molecule is CCCNC(=O)NCc1nc(C)no1. The minimum Gasteiger partial charge on any atom is -0.338 e. The van der Waals surface area contributed by atoms with E-state index in [-0.39, 0.29) is 12.6 Å². The Morgan fingerprint density at radius 2 is 2.29 bits per heavy atom. The van der Waals surface area contributed by atoms with Crippen LogP contribution in [0.2, 0.25) is 0 Å². The van der Waals surface area contributed by atoms with E-state index >= 15 is 0 Å². The zero-order valence-electron chi connectivity index (χ0n) is 8.33. The van der Waals surface area contributed by atoms with Crippen molar-refractivity contribution in [1.29, 1.82) is 0 Å². The third kappa shape index (κ3) is 3.42. The number of aromatic nitrogens is 2. The topological polar surface area (TPSA) is 80.0 Å². The van der Waals surface area contributed by atoms with Gasteiger partial charge in [-0.05, 0) is 13.3 Å². The van der Waals surface area contributed by atoms with E-state index in [1.165, 1.54) is 0 Å². The number of carbonyl (C=O) groups excluding carboxylic acids is 1. The molecule has 1 rings (SSSR count). The zero-order valence-corrected chi connectivity index (χ0v) is 8.33. The Hall–Kier alpha value is -1.59. The predicted molar refractivity (Wildman–Crippen MR) is 49.6 cm³/mol. The van der Waals surface area contributed by atoms with Crippen LogP contribution in [0.3, 0.4) is 0 Å². The minimum atomic E-state index is -0.220. The van der Waals surface area contributed by atoms with E-state index in [1.807, 2.05) is 6.92 Å². The Morgan fingerprint density at radius 1 is 1.50 bits per heavy atom. The van der Waals surface area contributed by atoms with Crippen molar-refractivity contribution in [2.45, 2.75) is 26.8 Å². The highest BCUT2D eigenvalue weighted by Crippen LogP contribution is 1.93. The summed E-state index contributed by atoms with van der Waals surface area (Å²) in [5.74, 6) is 0.977. The first-order chi connectivity index (χ1) is 6.72. The van der Waals surface area contributed by atoms with Gasteiger partial charge in [-0.1, -0.05) is 12.1 Å². The molecule has 78 valence electrons. The fourth-order valence-corrected chi connectivity index (χ4v) is 0.869. The van der Waals surface area contributed by atoms with Crippen LogP contribution in [-0.2, 0) is 6.54 Å². The number of hydrogen-bond donors (Lipinski definition) is 2. The lowest BCUT2D eigenvalue weighted by molar-refractivity contribution is 0.238. The van der Waals surface area contributed by atoms with Crippen molar-refractivity contribution in [1.82, 2.24) is 20.8 Å². The first kappa shape index (κ1) is 10.5. The van der Waals surface area contributed by atoms with E-state index < -0.39 is 0 Å². The maximum Gasteiger partial charge on any atom is 0.315 e. The summed E-state index contributed by atoms with van der Waals surface area (Å²) in [6.45, 7) is 4.64. The summed E-state index contributed by atoms with van der Waals surface area (Å²) in [5.41, 5.74) is 0. The van der Waals surface area contributed by atoms with Crippen LogP contribution in [0.1, 0.15) is 25.1 Å². The second-order valence-electron chi connectivity index (χ2n) is 2.84. The van der Waals surface area contributed by atoms with Gasteiger partial charge in [0.2, 0.25) is 5.89 Å². The second-order valence-corrected chi connectivity index (χ2v) is 2.84. The van der Waals surface area contributed by atoms with Gasteiger partial charge >= 0.3 is 6.03 Å². The molecule has 2 amide bonds. The van der Waals surface area contributed by atoms with Crippen LogP contribution < -0.4 is 10.6 Å². The molecular weight excluding hydrogens is 184 g/mol. The average Bonchev–Trinajstić information content (AvgIpc) is 2.58. The smallest absolute Gasteiger partial charge is 0.315 e. The van der Waals surface area contributed by atoms with Gasteiger partial charge in [-0.3, -0.25) is 0 Å². The highest BCUT2D eigenvalue weighted by molar-refractivity contribution is 5.73. The van der Waals surface area contributed by atoms with Gasteiger partial charge in [-0.15, -0.1) is 0 Å². The summed E-state index contributed by atoms with van der Waals surface area (Å²) in [6.07, 6.45) is 0.910. The van der Waals surface area contributed by atoms with Crippen molar-refractivity contribution in [3.05, 3.63) is 11.7 Å². The maximum absolute atomic E-state index is 11.1. The van der Waals surface area contributed by atoms with Crippen LogP contribution in [0.25, 0.3) is 0 Å². The molecule has 0 aromatic carbocycles. The van der Waals surface area contributed by atoms with E-state index in [4.69, 9.17) is 4.52 Å². The van der Waals surface area contributed by atoms with Gasteiger partial charge in [0.25, 0.3) is 0 Å². The molecule has 0 saturated heterocycles. The minimum absolute atomic E-state index is 0.220. The molecule has 1 heterocycles. The fourth-order valence-electron chi connectivity index (χ4n) is 0.869. The molecule has 1 aromatic rings. The molecule has 0 spiro atoms. The molecule has 6 heteroatoms. The van der Waals surface area contributed by atoms with E-state index in [0.29, 0.717) is 18.3 Å². The van der Waals surface area contributed by atoms with E-state index in [0.717, 1.165) is 6.42 Å². The van der Waals surface area contributed by atoms with Crippen molar-refractivity contribution < 1.29 is 9.32 Å². The molecule has 0 saturated carbocycles. The number of nitrogens with zero attached hydrogens (tertiary/aromatic N) is 2. The number of urea groups is 1. The summed E-state index contributed by atoms with van der Waals surface area (Å²) in [5, 5.41) is 8.87. The number of hydrogen-bond acceptors (Lipinski definition) is 4. The number of carbonyl (C=O) groups is 1. The van der Waals surface area contributed by atoms with Gasteiger partial charge in [0.05, 0.1) is 6.54 Å². The molecule has 0 aliphatic rings. The summed E-state index contributed by atoms with van der Waals surface area (Å²) in [4.78, 5) is 15.0. The summed E-state index contributed by atoms with van der Waals surface area (Å²) in [7, 11) is 0. The Morgan fingerprint density at radius 3 is 2.86 bits per heavy atom. The standard InChI is InChI=1S/C8H14N4O2/c1-3-4-9-8(13)10-5-7-11-6(2)12-14-7/h3-5H2,1-2H3,(H2,9,10,13). The van der Waals surface area contributed by atoms with Crippen molar-refractivity contribution in [2.24, 2.45) is 0 Å². The molecule has 2 N–H and O–H groups in total. The van der Waals surface area contributed by atoms with Crippen molar-refractivity contribution >= 4 is 6.03 Å². The first-order valence-electron chi connectivity index (χ1n) is 4.53. The Labute approximate surface area is 82.1 Å². The van der Waals surface area contributed by atoms with Crippen LogP contribution in [0.15, 0.2) is 4.52 Å². The van der Waals surface area contributed by atoms with Crippen molar-refractivity contribution in [3.8, 4) is 0 Å². The first-order valence-corrected chi connectivity index (χ1v) is 4.53. The van der Waals surface area contributed by atoms with Crippen molar-refractivity contribution in [2.75, 3.05) is 6.54 Å². The summed E-state index contributed by atoms with van der Waals surface area (Å²) >= 11 is 0. The van der Waals surface area contributed by atoms with Crippen LogP contribution in [0.4, 0.5) is 4.79 Å². The number of aryl methyl sites for hydroxylation is 1. The Kier molecular flexibility index (Phi) is 3.90. The normalized spacial score (nSPS) is 9.86. The van der Waals surface area contributed by atoms with Crippen LogP contribution in [0, 0.1) is 6.92 Å². The quantitative estimate of drug-likeness (QED) is 0.741. The van der Waals surface area contributed by atoms with Crippen LogP contribution >= 0.6 is 0 Å². The highest BCUT2D eigenvalue weighted by Gasteiger charge is 2.04. The second kappa shape index (κ2) is 5.21. The van der Waals surface area contributed by atoms with E-state index in [2.05, 4.69) is 20.8 Å². The highest BCUT2D eigenvalue weighted by atomic mass is 16.5. The molecule has 0 aliphatic carbocycles. The molecule has 1 aromatic heterocycles. The Balaban J connectivity index is 2.23. The predicted octanol–water partition coefficient (Wildman–Crippen LogP) is 0.587. The maximum atomic E-state index is 11.1. The van der Waals surface area contributed by atoms with Gasteiger partial charge in [0.15, 0.2) is 5.82 Å². The average molecular weight is 198 g/mol. The summed E-state index contributed by atoms with van der Waals surface area (Å²) in [6, 6.07) is -0.220. The number of rotatable bonds is 4. The van der Waals surface area contributed by atoms with Gasteiger partial charge in [-0.2, -0.15) is 4.98 Å².